The molecule has 1 fully saturated rings. The molecule has 0 unspecified atom stereocenters. The summed E-state index contributed by atoms with van der Waals surface area (Å²) in [6.45, 7) is 5.16. The average molecular weight is 552 g/mol. The molecule has 0 aromatic carbocycles. The number of nitrogens with one attached hydrogen (secondary N) is 2. The molecule has 31 heavy (non-hydrogen) atoms. The van der Waals surface area contributed by atoms with Crippen LogP contribution in [0.4, 0.5) is 5.82 Å². The third kappa shape index (κ3) is 6.39. The van der Waals surface area contributed by atoms with E-state index in [4.69, 9.17) is 4.99 Å². The fraction of sp³-hybridized carbons (Fsp3) is 0.429. The summed E-state index contributed by atoms with van der Waals surface area (Å²) in [6, 6.07) is 10.7. The van der Waals surface area contributed by atoms with Crippen LogP contribution in [0.3, 0.4) is 0 Å². The van der Waals surface area contributed by atoms with Gasteiger partial charge in [-0.05, 0) is 43.3 Å². The highest BCUT2D eigenvalue weighted by atomic mass is 127. The van der Waals surface area contributed by atoms with Crippen molar-refractivity contribution < 1.29 is 0 Å². The van der Waals surface area contributed by atoms with Gasteiger partial charge in [0, 0.05) is 37.3 Å². The Balaban J connectivity index is 0.00000272. The first-order valence-corrected chi connectivity index (χ1v) is 11.1. The Kier molecular flexibility index (Phi) is 8.64. The van der Waals surface area contributed by atoms with Gasteiger partial charge in [0.1, 0.15) is 18.2 Å². The van der Waals surface area contributed by atoms with Gasteiger partial charge in [-0.1, -0.05) is 12.1 Å². The van der Waals surface area contributed by atoms with E-state index >= 15 is 0 Å². The van der Waals surface area contributed by atoms with Crippen molar-refractivity contribution in [3.63, 3.8) is 0 Å². The Bertz CT molecular complexity index is 949. The summed E-state index contributed by atoms with van der Waals surface area (Å²) in [5.41, 5.74) is 0. The van der Waals surface area contributed by atoms with Gasteiger partial charge < -0.3 is 20.1 Å². The molecule has 2 N–H and O–H groups in total. The SMILES string of the molecule is Cc1nnc(CN=C(NCc2cccs2)NC2CCN(c3ccccn3)CC2)n1C.I. The smallest absolute Gasteiger partial charge is 0.192 e. The molecule has 0 atom stereocenters. The molecule has 0 bridgehead atoms. The number of anilines is 1. The first-order valence-electron chi connectivity index (χ1n) is 10.3. The number of nitrogens with zero attached hydrogens (tertiary/aromatic N) is 6. The largest absolute Gasteiger partial charge is 0.356 e. The highest BCUT2D eigenvalue weighted by Crippen LogP contribution is 2.17. The number of rotatable bonds is 6. The van der Waals surface area contributed by atoms with Gasteiger partial charge in [-0.15, -0.1) is 45.5 Å². The molecule has 3 aromatic heterocycles. The molecule has 166 valence electrons. The predicted octanol–water partition coefficient (Wildman–Crippen LogP) is 3.10. The minimum absolute atomic E-state index is 0. The number of hydrogen-bond donors (Lipinski definition) is 2. The number of pyridine rings is 1. The number of hydrogen-bond acceptors (Lipinski definition) is 6. The number of piperidine rings is 1. The van der Waals surface area contributed by atoms with Gasteiger partial charge in [-0.3, -0.25) is 0 Å². The van der Waals surface area contributed by atoms with Gasteiger partial charge >= 0.3 is 0 Å². The molecule has 4 heterocycles. The zero-order valence-corrected chi connectivity index (χ0v) is 21.0. The second-order valence-electron chi connectivity index (χ2n) is 7.41. The summed E-state index contributed by atoms with van der Waals surface area (Å²) >= 11 is 1.74. The van der Waals surface area contributed by atoms with E-state index in [9.17, 15) is 0 Å². The van der Waals surface area contributed by atoms with Gasteiger partial charge in [-0.25, -0.2) is 9.98 Å². The second kappa shape index (κ2) is 11.4. The van der Waals surface area contributed by atoms with Crippen LogP contribution in [-0.4, -0.2) is 44.8 Å². The van der Waals surface area contributed by atoms with Gasteiger partial charge in [0.15, 0.2) is 11.8 Å². The van der Waals surface area contributed by atoms with Crippen LogP contribution in [0.15, 0.2) is 46.9 Å². The highest BCUT2D eigenvalue weighted by molar-refractivity contribution is 14.0. The molecule has 0 spiro atoms. The number of halogens is 1. The van der Waals surface area contributed by atoms with E-state index in [-0.39, 0.29) is 24.0 Å². The summed E-state index contributed by atoms with van der Waals surface area (Å²) in [5.74, 6) is 3.62. The molecule has 1 aliphatic rings. The minimum atomic E-state index is 0. The van der Waals surface area contributed by atoms with Crippen LogP contribution in [-0.2, 0) is 20.1 Å². The van der Waals surface area contributed by atoms with Crippen LogP contribution in [0.25, 0.3) is 0 Å². The lowest BCUT2D eigenvalue weighted by Crippen LogP contribution is -2.48. The van der Waals surface area contributed by atoms with Crippen molar-refractivity contribution in [2.24, 2.45) is 12.0 Å². The third-order valence-corrected chi connectivity index (χ3v) is 6.26. The number of aryl methyl sites for hydroxylation is 1. The maximum Gasteiger partial charge on any atom is 0.192 e. The summed E-state index contributed by atoms with van der Waals surface area (Å²) in [6.07, 6.45) is 3.94. The molecule has 0 aliphatic carbocycles. The molecule has 0 amide bonds. The summed E-state index contributed by atoms with van der Waals surface area (Å²) in [5, 5.41) is 17.5. The maximum atomic E-state index is 4.79. The molecule has 0 saturated carbocycles. The maximum absolute atomic E-state index is 4.79. The molecule has 1 saturated heterocycles. The van der Waals surface area contributed by atoms with E-state index in [0.29, 0.717) is 12.6 Å². The fourth-order valence-electron chi connectivity index (χ4n) is 3.46. The molecular formula is C21H29IN8S. The fourth-order valence-corrected chi connectivity index (χ4v) is 4.11. The lowest BCUT2D eigenvalue weighted by Gasteiger charge is -2.33. The lowest BCUT2D eigenvalue weighted by atomic mass is 10.1. The van der Waals surface area contributed by atoms with Crippen molar-refractivity contribution in [3.8, 4) is 0 Å². The first kappa shape index (κ1) is 23.5. The van der Waals surface area contributed by atoms with Crippen molar-refractivity contribution >= 4 is 47.1 Å². The summed E-state index contributed by atoms with van der Waals surface area (Å²) in [4.78, 5) is 12.9. The summed E-state index contributed by atoms with van der Waals surface area (Å²) in [7, 11) is 1.97. The van der Waals surface area contributed by atoms with Crippen molar-refractivity contribution in [1.29, 1.82) is 0 Å². The first-order chi connectivity index (χ1) is 14.7. The number of guanidine groups is 1. The molecular weight excluding hydrogens is 523 g/mol. The Morgan fingerprint density at radius 3 is 2.68 bits per heavy atom. The third-order valence-electron chi connectivity index (χ3n) is 5.38. The van der Waals surface area contributed by atoms with E-state index in [2.05, 4.69) is 54.3 Å². The van der Waals surface area contributed by atoms with Gasteiger partial charge in [0.2, 0.25) is 0 Å². The van der Waals surface area contributed by atoms with Gasteiger partial charge in [-0.2, -0.15) is 0 Å². The van der Waals surface area contributed by atoms with Crippen LogP contribution in [0.1, 0.15) is 29.4 Å². The monoisotopic (exact) mass is 552 g/mol. The Hall–Kier alpha value is -2.21. The molecule has 3 aromatic rings. The minimum Gasteiger partial charge on any atom is -0.356 e. The van der Waals surface area contributed by atoms with Crippen molar-refractivity contribution in [1.82, 2.24) is 30.4 Å². The van der Waals surface area contributed by atoms with E-state index in [1.165, 1.54) is 4.88 Å². The van der Waals surface area contributed by atoms with E-state index in [1.807, 2.05) is 36.9 Å². The standard InChI is InChI=1S/C21H28N8S.HI/c1-16-26-27-20(28(16)2)15-24-21(23-14-18-6-5-13-30-18)25-17-8-11-29(12-9-17)19-7-3-4-10-22-19;/h3-7,10,13,17H,8-9,11-12,14-15H2,1-2H3,(H2,23,24,25);1H. The zero-order valence-electron chi connectivity index (χ0n) is 17.9. The van der Waals surface area contributed by atoms with E-state index in [1.54, 1.807) is 11.3 Å². The van der Waals surface area contributed by atoms with Crippen molar-refractivity contribution in [2.75, 3.05) is 18.0 Å². The molecule has 1 aliphatic heterocycles. The van der Waals surface area contributed by atoms with Crippen molar-refractivity contribution in [2.45, 2.75) is 38.9 Å². The number of aliphatic imine (C=N–C) groups is 1. The quantitative estimate of drug-likeness (QED) is 0.278. The van der Waals surface area contributed by atoms with Crippen LogP contribution in [0, 0.1) is 6.92 Å². The van der Waals surface area contributed by atoms with Crippen LogP contribution in [0.2, 0.25) is 0 Å². The van der Waals surface area contributed by atoms with Crippen LogP contribution < -0.4 is 15.5 Å². The lowest BCUT2D eigenvalue weighted by molar-refractivity contribution is 0.459. The normalized spacial score (nSPS) is 14.9. The zero-order chi connectivity index (χ0) is 20.8. The molecule has 10 heteroatoms. The van der Waals surface area contributed by atoms with Gasteiger partial charge in [0.05, 0.1) is 6.54 Å². The van der Waals surface area contributed by atoms with Gasteiger partial charge in [0.25, 0.3) is 0 Å². The molecule has 0 radical (unpaired) electrons. The number of thiophene rings is 1. The molecule has 4 rings (SSSR count). The Morgan fingerprint density at radius 2 is 2.03 bits per heavy atom. The number of aromatic nitrogens is 4. The molecule has 8 nitrogen and oxygen atoms in total. The topological polar surface area (TPSA) is 83.3 Å². The summed E-state index contributed by atoms with van der Waals surface area (Å²) < 4.78 is 1.98. The van der Waals surface area contributed by atoms with Crippen LogP contribution in [0.5, 0.6) is 0 Å². The van der Waals surface area contributed by atoms with E-state index in [0.717, 1.165) is 55.9 Å². The van der Waals surface area contributed by atoms with E-state index < -0.39 is 0 Å². The van der Waals surface area contributed by atoms with Crippen molar-refractivity contribution in [3.05, 3.63) is 58.4 Å². The second-order valence-corrected chi connectivity index (χ2v) is 8.45. The average Bonchev–Trinajstić information content (AvgIpc) is 3.42. The van der Waals surface area contributed by atoms with Crippen LogP contribution >= 0.6 is 35.3 Å². The Labute approximate surface area is 204 Å². The predicted molar refractivity (Wildman–Crippen MR) is 136 cm³/mol. The Morgan fingerprint density at radius 1 is 1.19 bits per heavy atom. The highest BCUT2D eigenvalue weighted by Gasteiger charge is 2.21.